The molecule has 4 rings (SSSR count). The van der Waals surface area contributed by atoms with E-state index < -0.39 is 0 Å². The summed E-state index contributed by atoms with van der Waals surface area (Å²) in [5.74, 6) is 2.68. The summed E-state index contributed by atoms with van der Waals surface area (Å²) in [6, 6.07) is 7.44. The predicted octanol–water partition coefficient (Wildman–Crippen LogP) is 3.23. The molecular weight excluding hydrogens is 448 g/mol. The van der Waals surface area contributed by atoms with Gasteiger partial charge in [-0.3, -0.25) is 9.36 Å². The molecule has 1 aliphatic rings. The van der Waals surface area contributed by atoms with Crippen LogP contribution in [0, 0.1) is 5.92 Å². The Kier molecular flexibility index (Phi) is 8.15. The Morgan fingerprint density at radius 1 is 1.09 bits per heavy atom. The minimum atomic E-state index is -0.180. The van der Waals surface area contributed by atoms with E-state index in [0.717, 1.165) is 37.9 Å². The second-order valence-electron chi connectivity index (χ2n) is 8.61. The van der Waals surface area contributed by atoms with Gasteiger partial charge in [-0.15, -0.1) is 10.2 Å². The van der Waals surface area contributed by atoms with Crippen molar-refractivity contribution in [1.29, 1.82) is 0 Å². The first-order valence-electron chi connectivity index (χ1n) is 11.7. The molecule has 1 amide bonds. The molecule has 0 bridgehead atoms. The number of rotatable bonds is 10. The molecule has 2 aromatic heterocycles. The normalized spacial score (nSPS) is 17.6. The van der Waals surface area contributed by atoms with Gasteiger partial charge in [0.05, 0.1) is 19.8 Å². The Labute approximate surface area is 205 Å². The molecule has 3 aromatic rings. The van der Waals surface area contributed by atoms with E-state index in [1.165, 1.54) is 0 Å². The molecular formula is C25H32N6O4. The van der Waals surface area contributed by atoms with E-state index in [1.54, 1.807) is 50.7 Å². The molecule has 0 spiro atoms. The third kappa shape index (κ3) is 6.07. The lowest BCUT2D eigenvalue weighted by molar-refractivity contribution is 0.0898. The van der Waals surface area contributed by atoms with E-state index in [4.69, 9.17) is 14.2 Å². The number of aromatic nitrogens is 4. The number of nitrogens with zero attached hydrogens (tertiary/aromatic N) is 4. The fourth-order valence-corrected chi connectivity index (χ4v) is 4.36. The second kappa shape index (κ2) is 11.7. The zero-order chi connectivity index (χ0) is 24.6. The van der Waals surface area contributed by atoms with Gasteiger partial charge in [0.25, 0.3) is 5.91 Å². The molecule has 0 aliphatic heterocycles. The van der Waals surface area contributed by atoms with Gasteiger partial charge in [0, 0.05) is 50.3 Å². The summed E-state index contributed by atoms with van der Waals surface area (Å²) in [6.07, 6.45) is 8.97. The molecule has 1 saturated carbocycles. The predicted molar refractivity (Wildman–Crippen MR) is 131 cm³/mol. The molecule has 1 aliphatic carbocycles. The first-order valence-corrected chi connectivity index (χ1v) is 11.7. The maximum atomic E-state index is 13.4. The van der Waals surface area contributed by atoms with Crippen LogP contribution in [-0.2, 0) is 11.3 Å². The molecule has 0 radical (unpaired) electrons. The largest absolute Gasteiger partial charge is 0.497 e. The van der Waals surface area contributed by atoms with E-state index in [2.05, 4.69) is 25.8 Å². The Hall–Kier alpha value is -3.66. The van der Waals surface area contributed by atoms with Gasteiger partial charge in [-0.1, -0.05) is 0 Å². The number of amides is 1. The molecule has 186 valence electrons. The third-order valence-corrected chi connectivity index (χ3v) is 6.32. The highest BCUT2D eigenvalue weighted by molar-refractivity contribution is 5.99. The minimum Gasteiger partial charge on any atom is -0.497 e. The van der Waals surface area contributed by atoms with Crippen LogP contribution in [0.4, 0.5) is 5.82 Å². The lowest BCUT2D eigenvalue weighted by Crippen LogP contribution is -2.38. The Bertz CT molecular complexity index is 1110. The lowest BCUT2D eigenvalue weighted by Gasteiger charge is -2.28. The van der Waals surface area contributed by atoms with Crippen LogP contribution in [-0.4, -0.2) is 59.6 Å². The van der Waals surface area contributed by atoms with Gasteiger partial charge in [0.15, 0.2) is 11.6 Å². The van der Waals surface area contributed by atoms with Crippen LogP contribution in [0.25, 0.3) is 5.82 Å². The van der Waals surface area contributed by atoms with Crippen molar-refractivity contribution in [3.05, 3.63) is 54.1 Å². The van der Waals surface area contributed by atoms with Crippen molar-refractivity contribution < 1.29 is 19.0 Å². The Balaban J connectivity index is 1.53. The average Bonchev–Trinajstić information content (AvgIpc) is 3.43. The maximum Gasteiger partial charge on any atom is 0.255 e. The van der Waals surface area contributed by atoms with Gasteiger partial charge >= 0.3 is 0 Å². The number of methoxy groups -OCH3 is 3. The molecule has 10 heteroatoms. The number of nitrogens with one attached hydrogen (secondary N) is 2. The van der Waals surface area contributed by atoms with Crippen LogP contribution >= 0.6 is 0 Å². The fraction of sp³-hybridized carbons (Fsp3) is 0.440. The van der Waals surface area contributed by atoms with Crippen molar-refractivity contribution in [2.75, 3.05) is 33.3 Å². The highest BCUT2D eigenvalue weighted by Crippen LogP contribution is 2.27. The molecule has 2 heterocycles. The Morgan fingerprint density at radius 2 is 1.91 bits per heavy atom. The van der Waals surface area contributed by atoms with Gasteiger partial charge in [0.1, 0.15) is 17.8 Å². The number of carbonyl (C=O) groups excluding carboxylic acids is 1. The Morgan fingerprint density at radius 3 is 2.60 bits per heavy atom. The summed E-state index contributed by atoms with van der Waals surface area (Å²) in [7, 11) is 4.95. The first kappa shape index (κ1) is 24.5. The monoisotopic (exact) mass is 480 g/mol. The van der Waals surface area contributed by atoms with Crippen LogP contribution in [0.2, 0.25) is 0 Å². The molecule has 0 atom stereocenters. The number of carbonyl (C=O) groups is 1. The van der Waals surface area contributed by atoms with Crippen molar-refractivity contribution in [3.8, 4) is 17.3 Å². The van der Waals surface area contributed by atoms with Gasteiger partial charge in [-0.2, -0.15) is 0 Å². The smallest absolute Gasteiger partial charge is 0.255 e. The third-order valence-electron chi connectivity index (χ3n) is 6.32. The molecule has 10 nitrogen and oxygen atoms in total. The van der Waals surface area contributed by atoms with Gasteiger partial charge in [-0.05, 0) is 49.8 Å². The van der Waals surface area contributed by atoms with E-state index in [9.17, 15) is 4.79 Å². The van der Waals surface area contributed by atoms with Gasteiger partial charge < -0.3 is 24.8 Å². The fourth-order valence-electron chi connectivity index (χ4n) is 4.36. The summed E-state index contributed by atoms with van der Waals surface area (Å²) in [5.41, 5.74) is 1.33. The summed E-state index contributed by atoms with van der Waals surface area (Å²) in [5, 5.41) is 15.1. The van der Waals surface area contributed by atoms with Gasteiger partial charge in [0.2, 0.25) is 0 Å². The van der Waals surface area contributed by atoms with Crippen molar-refractivity contribution in [1.82, 2.24) is 25.1 Å². The summed E-state index contributed by atoms with van der Waals surface area (Å²) in [4.78, 5) is 17.4. The van der Waals surface area contributed by atoms with Gasteiger partial charge in [-0.25, -0.2) is 4.98 Å². The highest BCUT2D eigenvalue weighted by atomic mass is 16.5. The second-order valence-corrected chi connectivity index (χ2v) is 8.61. The van der Waals surface area contributed by atoms with Crippen molar-refractivity contribution >= 4 is 11.7 Å². The average molecular weight is 481 g/mol. The van der Waals surface area contributed by atoms with Crippen LogP contribution < -0.4 is 20.1 Å². The number of anilines is 1. The quantitative estimate of drug-likeness (QED) is 0.455. The van der Waals surface area contributed by atoms with E-state index in [-0.39, 0.29) is 11.9 Å². The zero-order valence-electron chi connectivity index (χ0n) is 20.4. The number of imidazole rings is 1. The number of hydrogen-bond acceptors (Lipinski definition) is 8. The van der Waals surface area contributed by atoms with Crippen LogP contribution in [0.5, 0.6) is 11.5 Å². The zero-order valence-corrected chi connectivity index (χ0v) is 20.4. The summed E-state index contributed by atoms with van der Waals surface area (Å²) < 4.78 is 17.8. The molecule has 1 fully saturated rings. The van der Waals surface area contributed by atoms with Crippen molar-refractivity contribution in [2.45, 2.75) is 38.3 Å². The van der Waals surface area contributed by atoms with E-state index in [1.807, 2.05) is 18.2 Å². The summed E-state index contributed by atoms with van der Waals surface area (Å²) >= 11 is 0. The van der Waals surface area contributed by atoms with Crippen molar-refractivity contribution in [2.24, 2.45) is 5.92 Å². The standard InChI is InChI=1S/C25H32N6O4/c1-33-15-17-4-7-19(8-5-17)28-25(32)21-13-23(31-11-10-26-16-31)29-30-24(21)27-14-18-6-9-20(34-2)12-22(18)35-3/h6,9-13,16-17,19H,4-5,7-8,14-15H2,1-3H3,(H,27,30)(H,28,32). The lowest BCUT2D eigenvalue weighted by atomic mass is 9.86. The molecule has 0 unspecified atom stereocenters. The molecule has 1 aromatic carbocycles. The molecule has 35 heavy (non-hydrogen) atoms. The van der Waals surface area contributed by atoms with Crippen LogP contribution in [0.1, 0.15) is 41.6 Å². The summed E-state index contributed by atoms with van der Waals surface area (Å²) in [6.45, 7) is 1.17. The SMILES string of the molecule is COCC1CCC(NC(=O)c2cc(-n3ccnc3)nnc2NCc2ccc(OC)cc2OC)CC1. The number of ether oxygens (including phenoxy) is 3. The minimum absolute atomic E-state index is 0.120. The highest BCUT2D eigenvalue weighted by Gasteiger charge is 2.24. The van der Waals surface area contributed by atoms with Crippen molar-refractivity contribution in [3.63, 3.8) is 0 Å². The van der Waals surface area contributed by atoms with Crippen LogP contribution in [0.15, 0.2) is 43.0 Å². The first-order chi connectivity index (χ1) is 17.1. The number of hydrogen-bond donors (Lipinski definition) is 2. The maximum absolute atomic E-state index is 13.4. The van der Waals surface area contributed by atoms with E-state index in [0.29, 0.717) is 41.2 Å². The van der Waals surface area contributed by atoms with Crippen LogP contribution in [0.3, 0.4) is 0 Å². The molecule has 0 saturated heterocycles. The topological polar surface area (TPSA) is 112 Å². The van der Waals surface area contributed by atoms with E-state index >= 15 is 0 Å². The number of benzene rings is 1. The molecule has 2 N–H and O–H groups in total.